The van der Waals surface area contributed by atoms with Gasteiger partial charge in [0.25, 0.3) is 5.91 Å². The van der Waals surface area contributed by atoms with Gasteiger partial charge in [-0.25, -0.2) is 4.52 Å². The van der Waals surface area contributed by atoms with Gasteiger partial charge in [0.1, 0.15) is 5.69 Å². The number of allylic oxidation sites excluding steroid dienone is 1. The first-order valence-electron chi connectivity index (χ1n) is 7.86. The monoisotopic (exact) mass is 320 g/mol. The first-order chi connectivity index (χ1) is 11.5. The minimum absolute atomic E-state index is 0.116. The summed E-state index contributed by atoms with van der Waals surface area (Å²) in [6.07, 6.45) is 3.63. The second-order valence-corrected chi connectivity index (χ2v) is 5.78. The first-order valence-corrected chi connectivity index (χ1v) is 7.86. The van der Waals surface area contributed by atoms with E-state index < -0.39 is 0 Å². The van der Waals surface area contributed by atoms with Crippen molar-refractivity contribution in [3.8, 4) is 11.4 Å². The predicted molar refractivity (Wildman–Crippen MR) is 95.2 cm³/mol. The number of hydrogen-bond donors (Lipinski definition) is 1. The molecule has 0 fully saturated rings. The quantitative estimate of drug-likeness (QED) is 0.750. The normalized spacial score (nSPS) is 12.1. The summed E-state index contributed by atoms with van der Waals surface area (Å²) in [5.41, 5.74) is 5.16. The Hall–Kier alpha value is -2.95. The number of amides is 1. The molecule has 1 unspecified atom stereocenters. The van der Waals surface area contributed by atoms with Gasteiger partial charge < -0.3 is 5.32 Å². The van der Waals surface area contributed by atoms with E-state index in [1.807, 2.05) is 43.3 Å². The maximum absolute atomic E-state index is 11.9. The summed E-state index contributed by atoms with van der Waals surface area (Å²) in [6.45, 7) is 7.95. The molecule has 0 bridgehead atoms. The summed E-state index contributed by atoms with van der Waals surface area (Å²) in [5, 5.41) is 7.33. The molecule has 24 heavy (non-hydrogen) atoms. The van der Waals surface area contributed by atoms with Gasteiger partial charge in [0.2, 0.25) is 0 Å². The number of carbonyl (C=O) groups excluding carboxylic acids is 1. The lowest BCUT2D eigenvalue weighted by Gasteiger charge is -2.08. The lowest BCUT2D eigenvalue weighted by Crippen LogP contribution is -2.18. The number of nitrogens with zero attached hydrogens (tertiary/aromatic N) is 3. The summed E-state index contributed by atoms with van der Waals surface area (Å²) in [5.74, 6) is -0.0217. The predicted octanol–water partition coefficient (Wildman–Crippen LogP) is 3.35. The van der Waals surface area contributed by atoms with Crippen molar-refractivity contribution in [2.24, 2.45) is 0 Å². The van der Waals surface area contributed by atoms with Crippen LogP contribution >= 0.6 is 0 Å². The van der Waals surface area contributed by atoms with E-state index in [-0.39, 0.29) is 11.8 Å². The molecule has 3 aromatic heterocycles. The lowest BCUT2D eigenvalue weighted by molar-refractivity contribution is 0.0962. The molecule has 0 radical (unpaired) electrons. The minimum atomic E-state index is -0.138. The number of aryl methyl sites for hydroxylation is 1. The van der Waals surface area contributed by atoms with Crippen molar-refractivity contribution < 1.29 is 4.79 Å². The smallest absolute Gasteiger partial charge is 0.252 e. The number of nitrogens with one attached hydrogen (secondary N) is 1. The third-order valence-electron chi connectivity index (χ3n) is 4.10. The average Bonchev–Trinajstić information content (AvgIpc) is 2.99. The van der Waals surface area contributed by atoms with Crippen LogP contribution in [0.25, 0.3) is 16.9 Å². The topological polar surface area (TPSA) is 59.3 Å². The number of rotatable bonds is 4. The molecule has 122 valence electrons. The van der Waals surface area contributed by atoms with Crippen molar-refractivity contribution in [2.45, 2.75) is 19.8 Å². The van der Waals surface area contributed by atoms with Crippen LogP contribution in [0.4, 0.5) is 0 Å². The fraction of sp³-hybridized carbons (Fsp3) is 0.211. The van der Waals surface area contributed by atoms with Gasteiger partial charge in [-0.2, -0.15) is 5.10 Å². The van der Waals surface area contributed by atoms with Crippen LogP contribution in [0.2, 0.25) is 0 Å². The summed E-state index contributed by atoms with van der Waals surface area (Å²) in [6, 6.07) is 9.61. The highest BCUT2D eigenvalue weighted by Crippen LogP contribution is 2.32. The van der Waals surface area contributed by atoms with E-state index in [2.05, 4.69) is 23.8 Å². The van der Waals surface area contributed by atoms with E-state index in [1.54, 1.807) is 17.8 Å². The zero-order valence-corrected chi connectivity index (χ0v) is 14.1. The number of carbonyl (C=O) groups is 1. The molecule has 0 spiro atoms. The SMILES string of the molecule is C=CC(C)c1c(-c2cccc(C)n2)nn2cc(C(=O)NC)ccc12. The van der Waals surface area contributed by atoms with E-state index in [0.717, 1.165) is 28.2 Å². The van der Waals surface area contributed by atoms with Gasteiger partial charge in [0.15, 0.2) is 0 Å². The van der Waals surface area contributed by atoms with Crippen molar-refractivity contribution in [2.75, 3.05) is 7.05 Å². The van der Waals surface area contributed by atoms with Gasteiger partial charge in [-0.05, 0) is 31.2 Å². The Labute approximate surface area is 141 Å². The minimum Gasteiger partial charge on any atom is -0.355 e. The number of hydrogen-bond acceptors (Lipinski definition) is 3. The highest BCUT2D eigenvalue weighted by atomic mass is 16.1. The molecular weight excluding hydrogens is 300 g/mol. The van der Waals surface area contributed by atoms with E-state index in [9.17, 15) is 4.79 Å². The zero-order valence-electron chi connectivity index (χ0n) is 14.1. The fourth-order valence-corrected chi connectivity index (χ4v) is 2.78. The summed E-state index contributed by atoms with van der Waals surface area (Å²) in [4.78, 5) is 16.5. The Balaban J connectivity index is 2.27. The Bertz CT molecular complexity index is 926. The van der Waals surface area contributed by atoms with Crippen molar-refractivity contribution in [1.82, 2.24) is 19.9 Å². The maximum Gasteiger partial charge on any atom is 0.252 e. The van der Waals surface area contributed by atoms with Crippen LogP contribution in [0.5, 0.6) is 0 Å². The van der Waals surface area contributed by atoms with Crippen molar-refractivity contribution in [3.63, 3.8) is 0 Å². The highest BCUT2D eigenvalue weighted by molar-refractivity contribution is 5.94. The van der Waals surface area contributed by atoms with Crippen LogP contribution in [0.15, 0.2) is 49.2 Å². The van der Waals surface area contributed by atoms with E-state index >= 15 is 0 Å². The highest BCUT2D eigenvalue weighted by Gasteiger charge is 2.20. The van der Waals surface area contributed by atoms with E-state index in [1.165, 1.54) is 0 Å². The average molecular weight is 320 g/mol. The Kier molecular flexibility index (Phi) is 4.16. The summed E-state index contributed by atoms with van der Waals surface area (Å²) >= 11 is 0. The first kappa shape index (κ1) is 15.9. The van der Waals surface area contributed by atoms with Crippen LogP contribution < -0.4 is 5.32 Å². The van der Waals surface area contributed by atoms with Gasteiger partial charge in [-0.3, -0.25) is 9.78 Å². The van der Waals surface area contributed by atoms with Crippen LogP contribution in [-0.4, -0.2) is 27.6 Å². The molecular formula is C19H20N4O. The maximum atomic E-state index is 11.9. The Morgan fingerprint density at radius 2 is 2.12 bits per heavy atom. The van der Waals surface area contributed by atoms with Crippen molar-refractivity contribution in [1.29, 1.82) is 0 Å². The third-order valence-corrected chi connectivity index (χ3v) is 4.10. The van der Waals surface area contributed by atoms with Gasteiger partial charge in [0.05, 0.1) is 16.8 Å². The van der Waals surface area contributed by atoms with E-state index in [0.29, 0.717) is 5.56 Å². The van der Waals surface area contributed by atoms with E-state index in [4.69, 9.17) is 5.10 Å². The molecule has 0 aliphatic carbocycles. The second kappa shape index (κ2) is 6.28. The largest absolute Gasteiger partial charge is 0.355 e. The molecule has 0 saturated heterocycles. The van der Waals surface area contributed by atoms with Crippen LogP contribution in [0, 0.1) is 6.92 Å². The molecule has 0 saturated carbocycles. The number of fused-ring (bicyclic) bond motifs is 1. The summed E-state index contributed by atoms with van der Waals surface area (Å²) in [7, 11) is 1.61. The molecule has 0 aliphatic rings. The zero-order chi connectivity index (χ0) is 17.3. The Morgan fingerprint density at radius 3 is 2.79 bits per heavy atom. The van der Waals surface area contributed by atoms with Gasteiger partial charge in [-0.1, -0.05) is 19.1 Å². The summed E-state index contributed by atoms with van der Waals surface area (Å²) < 4.78 is 1.75. The molecule has 1 atom stereocenters. The molecule has 3 rings (SSSR count). The molecule has 0 aliphatic heterocycles. The number of pyridine rings is 2. The van der Waals surface area contributed by atoms with Gasteiger partial charge in [0, 0.05) is 30.4 Å². The molecule has 3 aromatic rings. The molecule has 1 N–H and O–H groups in total. The lowest BCUT2D eigenvalue weighted by atomic mass is 9.97. The van der Waals surface area contributed by atoms with Gasteiger partial charge in [-0.15, -0.1) is 6.58 Å². The third kappa shape index (κ3) is 2.69. The molecule has 5 nitrogen and oxygen atoms in total. The van der Waals surface area contributed by atoms with Crippen LogP contribution in [-0.2, 0) is 0 Å². The van der Waals surface area contributed by atoms with Crippen molar-refractivity contribution >= 4 is 11.4 Å². The molecule has 3 heterocycles. The molecule has 1 amide bonds. The van der Waals surface area contributed by atoms with Gasteiger partial charge >= 0.3 is 0 Å². The number of aromatic nitrogens is 3. The standard InChI is InChI=1S/C19H20N4O/c1-5-12(2)17-16-10-9-14(19(24)20-4)11-23(16)22-18(17)15-8-6-7-13(3)21-15/h5-12H,1H2,2-4H3,(H,20,24). The van der Waals surface area contributed by atoms with Crippen molar-refractivity contribution in [3.05, 3.63) is 66.0 Å². The molecule has 5 heteroatoms. The van der Waals surface area contributed by atoms with Crippen LogP contribution in [0.1, 0.15) is 34.5 Å². The fourth-order valence-electron chi connectivity index (χ4n) is 2.78. The second-order valence-electron chi connectivity index (χ2n) is 5.78. The van der Waals surface area contributed by atoms with Crippen LogP contribution in [0.3, 0.4) is 0 Å². The molecule has 0 aromatic carbocycles. The Morgan fingerprint density at radius 1 is 1.33 bits per heavy atom.